The van der Waals surface area contributed by atoms with Gasteiger partial charge in [0.1, 0.15) is 18.0 Å². The molecule has 4 rings (SSSR count). The van der Waals surface area contributed by atoms with Crippen LogP contribution in [0.15, 0.2) is 12.4 Å². The Morgan fingerprint density at radius 2 is 1.75 bits per heavy atom. The van der Waals surface area contributed by atoms with Crippen LogP contribution in [-0.2, 0) is 4.74 Å². The first-order valence-electron chi connectivity index (χ1n) is 10.8. The van der Waals surface area contributed by atoms with E-state index in [1.54, 1.807) is 6.33 Å². The van der Waals surface area contributed by atoms with Crippen LogP contribution in [0.4, 0.5) is 11.6 Å². The molecule has 7 heteroatoms. The largest absolute Gasteiger partial charge is 0.391 e. The Labute approximate surface area is 168 Å². The van der Waals surface area contributed by atoms with Gasteiger partial charge in [0.25, 0.3) is 0 Å². The second-order valence-electron chi connectivity index (χ2n) is 8.97. The summed E-state index contributed by atoms with van der Waals surface area (Å²) in [6, 6.07) is 2.42. The minimum absolute atomic E-state index is 0.279. The molecule has 0 bridgehead atoms. The smallest absolute Gasteiger partial charge is 0.134 e. The van der Waals surface area contributed by atoms with Crippen molar-refractivity contribution >= 4 is 11.6 Å². The summed E-state index contributed by atoms with van der Waals surface area (Å²) in [7, 11) is 4.16. The van der Waals surface area contributed by atoms with E-state index in [0.717, 1.165) is 62.7 Å². The molecule has 1 aromatic heterocycles. The lowest BCUT2D eigenvalue weighted by Crippen LogP contribution is -2.39. The summed E-state index contributed by atoms with van der Waals surface area (Å²) in [4.78, 5) is 16.0. The number of anilines is 2. The summed E-state index contributed by atoms with van der Waals surface area (Å²) < 4.78 is 5.53. The van der Waals surface area contributed by atoms with Crippen LogP contribution in [-0.4, -0.2) is 85.6 Å². The van der Waals surface area contributed by atoms with E-state index >= 15 is 0 Å². The standard InChI is InChI=1S/C21H35N5O2/c1-24(2)13-18-11-19(27)14-26(18)21-12-20(22-15-23-21)25-7-3-16(4-8-25)17-5-9-28-10-6-17/h12,15-19,27H,3-11,13-14H2,1-2H3/t18-,19-/m1/s1. The average molecular weight is 390 g/mol. The Kier molecular flexibility index (Phi) is 6.33. The highest BCUT2D eigenvalue weighted by molar-refractivity contribution is 5.52. The highest BCUT2D eigenvalue weighted by Gasteiger charge is 2.33. The molecule has 4 heterocycles. The molecule has 3 fully saturated rings. The Hall–Kier alpha value is -1.44. The highest BCUT2D eigenvalue weighted by Crippen LogP contribution is 2.34. The normalized spacial score (nSPS) is 27.7. The number of rotatable bonds is 5. The van der Waals surface area contributed by atoms with Crippen molar-refractivity contribution in [3.8, 4) is 0 Å². The number of ether oxygens (including phenoxy) is 1. The first-order valence-corrected chi connectivity index (χ1v) is 10.8. The predicted octanol–water partition coefficient (Wildman–Crippen LogP) is 1.62. The van der Waals surface area contributed by atoms with Crippen molar-refractivity contribution in [2.24, 2.45) is 11.8 Å². The second-order valence-corrected chi connectivity index (χ2v) is 8.97. The Morgan fingerprint density at radius 3 is 2.46 bits per heavy atom. The molecule has 0 saturated carbocycles. The number of aliphatic hydroxyl groups is 1. The molecule has 0 aromatic carbocycles. The van der Waals surface area contributed by atoms with Crippen LogP contribution in [0.3, 0.4) is 0 Å². The van der Waals surface area contributed by atoms with Gasteiger partial charge >= 0.3 is 0 Å². The van der Waals surface area contributed by atoms with Crippen molar-refractivity contribution in [1.29, 1.82) is 0 Å². The van der Waals surface area contributed by atoms with Crippen molar-refractivity contribution in [1.82, 2.24) is 14.9 Å². The van der Waals surface area contributed by atoms with Crippen LogP contribution in [0, 0.1) is 11.8 Å². The SMILES string of the molecule is CN(C)C[C@H]1C[C@@H](O)CN1c1cc(N2CCC(C3CCOCC3)CC2)ncn1. The summed E-state index contributed by atoms with van der Waals surface area (Å²) >= 11 is 0. The zero-order valence-electron chi connectivity index (χ0n) is 17.3. The number of likely N-dealkylation sites (N-methyl/N-ethyl adjacent to an activating group) is 1. The minimum atomic E-state index is -0.279. The van der Waals surface area contributed by atoms with Gasteiger partial charge in [-0.05, 0) is 58.0 Å². The van der Waals surface area contributed by atoms with Crippen LogP contribution < -0.4 is 9.80 Å². The summed E-state index contributed by atoms with van der Waals surface area (Å²) in [5.74, 6) is 3.65. The van der Waals surface area contributed by atoms with E-state index in [0.29, 0.717) is 12.6 Å². The van der Waals surface area contributed by atoms with E-state index < -0.39 is 0 Å². The first kappa shape index (κ1) is 19.9. The number of aromatic nitrogens is 2. The van der Waals surface area contributed by atoms with Crippen molar-refractivity contribution in [3.05, 3.63) is 12.4 Å². The predicted molar refractivity (Wildman–Crippen MR) is 111 cm³/mol. The van der Waals surface area contributed by atoms with Crippen LogP contribution >= 0.6 is 0 Å². The van der Waals surface area contributed by atoms with Gasteiger partial charge in [-0.3, -0.25) is 0 Å². The van der Waals surface area contributed by atoms with Crippen molar-refractivity contribution < 1.29 is 9.84 Å². The van der Waals surface area contributed by atoms with Gasteiger partial charge in [0.2, 0.25) is 0 Å². The molecule has 2 atom stereocenters. The Balaban J connectivity index is 1.40. The highest BCUT2D eigenvalue weighted by atomic mass is 16.5. The van der Waals surface area contributed by atoms with Crippen LogP contribution in [0.2, 0.25) is 0 Å². The van der Waals surface area contributed by atoms with Gasteiger partial charge in [0.05, 0.1) is 6.10 Å². The molecule has 0 unspecified atom stereocenters. The van der Waals surface area contributed by atoms with Gasteiger partial charge in [-0.1, -0.05) is 0 Å². The summed E-state index contributed by atoms with van der Waals surface area (Å²) in [6.07, 6.45) is 7.16. The maximum atomic E-state index is 10.2. The third kappa shape index (κ3) is 4.58. The molecule has 3 aliphatic rings. The molecule has 156 valence electrons. The van der Waals surface area contributed by atoms with E-state index in [1.807, 2.05) is 0 Å². The quantitative estimate of drug-likeness (QED) is 0.821. The number of β-amino-alcohol motifs (C(OH)–C–C–N with tert-alkyl or cyclic N) is 1. The topological polar surface area (TPSA) is 65.0 Å². The molecular weight excluding hydrogens is 354 g/mol. The zero-order valence-corrected chi connectivity index (χ0v) is 17.3. The maximum Gasteiger partial charge on any atom is 0.134 e. The van der Waals surface area contributed by atoms with Crippen LogP contribution in [0.1, 0.15) is 32.1 Å². The molecule has 1 aromatic rings. The zero-order chi connectivity index (χ0) is 19.5. The van der Waals surface area contributed by atoms with Crippen molar-refractivity contribution in [2.75, 3.05) is 63.3 Å². The van der Waals surface area contributed by atoms with E-state index in [1.165, 1.54) is 25.7 Å². The minimum Gasteiger partial charge on any atom is -0.391 e. The summed E-state index contributed by atoms with van der Waals surface area (Å²) in [5, 5.41) is 10.2. The second kappa shape index (κ2) is 8.93. The lowest BCUT2D eigenvalue weighted by molar-refractivity contribution is 0.0418. The van der Waals surface area contributed by atoms with Crippen molar-refractivity contribution in [2.45, 2.75) is 44.2 Å². The number of hydrogen-bond donors (Lipinski definition) is 1. The molecule has 7 nitrogen and oxygen atoms in total. The fraction of sp³-hybridized carbons (Fsp3) is 0.810. The monoisotopic (exact) mass is 389 g/mol. The van der Waals surface area contributed by atoms with Gasteiger partial charge in [-0.15, -0.1) is 0 Å². The molecule has 1 N–H and O–H groups in total. The summed E-state index contributed by atoms with van der Waals surface area (Å²) in [6.45, 7) is 5.60. The van der Waals surface area contributed by atoms with Gasteiger partial charge in [-0.2, -0.15) is 0 Å². The first-order chi connectivity index (χ1) is 13.6. The Morgan fingerprint density at radius 1 is 1.07 bits per heavy atom. The molecule has 3 saturated heterocycles. The van der Waals surface area contributed by atoms with Gasteiger partial charge in [0, 0.05) is 51.5 Å². The van der Waals surface area contributed by atoms with Gasteiger partial charge in [-0.25, -0.2) is 9.97 Å². The molecule has 28 heavy (non-hydrogen) atoms. The van der Waals surface area contributed by atoms with Crippen LogP contribution in [0.5, 0.6) is 0 Å². The third-order valence-corrected chi connectivity index (χ3v) is 6.70. The molecule has 0 radical (unpaired) electrons. The molecule has 0 spiro atoms. The third-order valence-electron chi connectivity index (χ3n) is 6.70. The fourth-order valence-corrected chi connectivity index (χ4v) is 5.22. The number of aliphatic hydroxyl groups excluding tert-OH is 1. The maximum absolute atomic E-state index is 10.2. The van der Waals surface area contributed by atoms with E-state index in [-0.39, 0.29) is 6.10 Å². The number of nitrogens with zero attached hydrogens (tertiary/aromatic N) is 5. The molecule has 0 amide bonds. The number of hydrogen-bond acceptors (Lipinski definition) is 7. The number of piperidine rings is 1. The van der Waals surface area contributed by atoms with Gasteiger partial charge < -0.3 is 24.5 Å². The van der Waals surface area contributed by atoms with Crippen molar-refractivity contribution in [3.63, 3.8) is 0 Å². The molecular formula is C21H35N5O2. The molecule has 0 aliphatic carbocycles. The van der Waals surface area contributed by atoms with E-state index in [2.05, 4.69) is 44.8 Å². The van der Waals surface area contributed by atoms with Gasteiger partial charge in [0.15, 0.2) is 0 Å². The van der Waals surface area contributed by atoms with E-state index in [9.17, 15) is 5.11 Å². The average Bonchev–Trinajstić information content (AvgIpc) is 3.08. The Bertz CT molecular complexity index is 629. The lowest BCUT2D eigenvalue weighted by atomic mass is 9.80. The lowest BCUT2D eigenvalue weighted by Gasteiger charge is -2.38. The summed E-state index contributed by atoms with van der Waals surface area (Å²) in [5.41, 5.74) is 0. The van der Waals surface area contributed by atoms with Crippen LogP contribution in [0.25, 0.3) is 0 Å². The fourth-order valence-electron chi connectivity index (χ4n) is 5.22. The van der Waals surface area contributed by atoms with E-state index in [4.69, 9.17) is 4.74 Å². The molecule has 3 aliphatic heterocycles.